The molecule has 1 fully saturated rings. The Hall–Kier alpha value is -0.610. The highest BCUT2D eigenvalue weighted by Gasteiger charge is 2.24. The Morgan fingerprint density at radius 3 is 2.88 bits per heavy atom. The third-order valence-corrected chi connectivity index (χ3v) is 4.63. The summed E-state index contributed by atoms with van der Waals surface area (Å²) < 4.78 is 0. The van der Waals surface area contributed by atoms with E-state index in [0.717, 1.165) is 10.9 Å². The fraction of sp³-hybridized carbons (Fsp3) is 0.692. The summed E-state index contributed by atoms with van der Waals surface area (Å²) in [7, 11) is 2.07. The van der Waals surface area contributed by atoms with Crippen LogP contribution < -0.4 is 5.32 Å². The van der Waals surface area contributed by atoms with Gasteiger partial charge in [0.2, 0.25) is 0 Å². The zero-order chi connectivity index (χ0) is 12.1. The Labute approximate surface area is 108 Å². The van der Waals surface area contributed by atoms with E-state index in [0.29, 0.717) is 11.3 Å². The van der Waals surface area contributed by atoms with E-state index in [-0.39, 0.29) is 0 Å². The molecule has 4 heteroatoms. The average molecular weight is 251 g/mol. The van der Waals surface area contributed by atoms with Crippen LogP contribution in [0.25, 0.3) is 0 Å². The summed E-state index contributed by atoms with van der Waals surface area (Å²) in [6, 6.07) is 2.55. The van der Waals surface area contributed by atoms with E-state index in [4.69, 9.17) is 0 Å². The fourth-order valence-electron chi connectivity index (χ4n) is 2.36. The molecule has 2 atom stereocenters. The van der Waals surface area contributed by atoms with Gasteiger partial charge >= 0.3 is 0 Å². The Kier molecular flexibility index (Phi) is 4.80. The molecule has 2 unspecified atom stereocenters. The van der Waals surface area contributed by atoms with Crippen molar-refractivity contribution >= 4 is 11.8 Å². The summed E-state index contributed by atoms with van der Waals surface area (Å²) in [6.45, 7) is 2.02. The van der Waals surface area contributed by atoms with Gasteiger partial charge in [0, 0.05) is 23.2 Å². The third kappa shape index (κ3) is 3.68. The van der Waals surface area contributed by atoms with Crippen molar-refractivity contribution in [3.05, 3.63) is 18.0 Å². The SMILES string of the molecule is CNC1CCCCCC1Sc1nccc(C)n1. The number of hydrogen-bond donors (Lipinski definition) is 1. The molecule has 2 rings (SSSR count). The maximum Gasteiger partial charge on any atom is 0.188 e. The summed E-state index contributed by atoms with van der Waals surface area (Å²) >= 11 is 1.84. The van der Waals surface area contributed by atoms with Gasteiger partial charge in [-0.3, -0.25) is 0 Å². The van der Waals surface area contributed by atoms with Gasteiger partial charge in [0.25, 0.3) is 0 Å². The lowest BCUT2D eigenvalue weighted by Gasteiger charge is -2.23. The van der Waals surface area contributed by atoms with Crippen LogP contribution in [0, 0.1) is 6.92 Å². The molecule has 1 aromatic heterocycles. The number of rotatable bonds is 3. The van der Waals surface area contributed by atoms with Crippen molar-refractivity contribution < 1.29 is 0 Å². The molecular weight excluding hydrogens is 230 g/mol. The van der Waals surface area contributed by atoms with Crippen LogP contribution in [0.1, 0.15) is 37.8 Å². The van der Waals surface area contributed by atoms with E-state index < -0.39 is 0 Å². The lowest BCUT2D eigenvalue weighted by molar-refractivity contribution is 0.509. The molecule has 1 N–H and O–H groups in total. The number of aryl methyl sites for hydroxylation is 1. The summed E-state index contributed by atoms with van der Waals surface area (Å²) in [5.41, 5.74) is 1.05. The first-order valence-electron chi connectivity index (χ1n) is 6.43. The first kappa shape index (κ1) is 12.8. The van der Waals surface area contributed by atoms with Gasteiger partial charge in [0.1, 0.15) is 0 Å². The van der Waals surface area contributed by atoms with E-state index in [9.17, 15) is 0 Å². The lowest BCUT2D eigenvalue weighted by atomic mass is 10.1. The Balaban J connectivity index is 2.04. The van der Waals surface area contributed by atoms with Gasteiger partial charge in [0.15, 0.2) is 5.16 Å². The van der Waals surface area contributed by atoms with Crippen molar-refractivity contribution in [2.24, 2.45) is 0 Å². The second kappa shape index (κ2) is 6.36. The fourth-order valence-corrected chi connectivity index (χ4v) is 3.67. The summed E-state index contributed by atoms with van der Waals surface area (Å²) in [5, 5.41) is 5.00. The van der Waals surface area contributed by atoms with Gasteiger partial charge in [-0.15, -0.1) is 0 Å². The quantitative estimate of drug-likeness (QED) is 0.662. The van der Waals surface area contributed by atoms with Crippen molar-refractivity contribution in [1.29, 1.82) is 0 Å². The summed E-state index contributed by atoms with van der Waals surface area (Å²) in [6.07, 6.45) is 8.45. The van der Waals surface area contributed by atoms with Crippen molar-refractivity contribution in [3.63, 3.8) is 0 Å². The molecule has 0 amide bonds. The number of nitrogens with one attached hydrogen (secondary N) is 1. The Bertz CT molecular complexity index is 356. The second-order valence-corrected chi connectivity index (χ2v) is 5.88. The molecule has 0 aliphatic heterocycles. The van der Waals surface area contributed by atoms with Crippen molar-refractivity contribution in [2.75, 3.05) is 7.05 Å². The van der Waals surface area contributed by atoms with Crippen LogP contribution in [0.3, 0.4) is 0 Å². The number of aromatic nitrogens is 2. The van der Waals surface area contributed by atoms with E-state index in [1.54, 1.807) is 0 Å². The topological polar surface area (TPSA) is 37.8 Å². The highest BCUT2D eigenvalue weighted by Crippen LogP contribution is 2.31. The molecule has 0 bridgehead atoms. The molecule has 1 aromatic rings. The smallest absolute Gasteiger partial charge is 0.188 e. The minimum atomic E-state index is 0.603. The highest BCUT2D eigenvalue weighted by molar-refractivity contribution is 7.99. The van der Waals surface area contributed by atoms with Crippen molar-refractivity contribution in [1.82, 2.24) is 15.3 Å². The van der Waals surface area contributed by atoms with Crippen LogP contribution in [0.5, 0.6) is 0 Å². The Morgan fingerprint density at radius 2 is 2.12 bits per heavy atom. The van der Waals surface area contributed by atoms with Crippen molar-refractivity contribution in [3.8, 4) is 0 Å². The van der Waals surface area contributed by atoms with Gasteiger partial charge in [-0.2, -0.15) is 0 Å². The summed E-state index contributed by atoms with van der Waals surface area (Å²) in [4.78, 5) is 8.85. The normalized spacial score (nSPS) is 25.5. The van der Waals surface area contributed by atoms with E-state index >= 15 is 0 Å². The highest BCUT2D eigenvalue weighted by atomic mass is 32.2. The molecule has 0 radical (unpaired) electrons. The van der Waals surface area contributed by atoms with Crippen LogP contribution in [-0.2, 0) is 0 Å². The molecule has 0 aromatic carbocycles. The molecule has 1 aliphatic rings. The van der Waals surface area contributed by atoms with Crippen LogP contribution in [0.2, 0.25) is 0 Å². The van der Waals surface area contributed by atoms with Crippen LogP contribution in [-0.4, -0.2) is 28.3 Å². The van der Waals surface area contributed by atoms with Gasteiger partial charge in [0.05, 0.1) is 0 Å². The van der Waals surface area contributed by atoms with Gasteiger partial charge < -0.3 is 5.32 Å². The molecule has 17 heavy (non-hydrogen) atoms. The maximum atomic E-state index is 4.49. The standard InChI is InChI=1S/C13H21N3S/c1-10-8-9-15-13(16-10)17-12-7-5-3-4-6-11(12)14-2/h8-9,11-12,14H,3-7H2,1-2H3. The largest absolute Gasteiger partial charge is 0.316 e. The second-order valence-electron chi connectivity index (χ2n) is 4.67. The van der Waals surface area contributed by atoms with E-state index in [1.165, 1.54) is 32.1 Å². The minimum Gasteiger partial charge on any atom is -0.316 e. The number of thioether (sulfide) groups is 1. The maximum absolute atomic E-state index is 4.49. The monoisotopic (exact) mass is 251 g/mol. The van der Waals surface area contributed by atoms with E-state index in [2.05, 4.69) is 22.3 Å². The average Bonchev–Trinajstić information content (AvgIpc) is 2.54. The van der Waals surface area contributed by atoms with Gasteiger partial charge in [-0.25, -0.2) is 9.97 Å². The number of nitrogens with zero attached hydrogens (tertiary/aromatic N) is 2. The third-order valence-electron chi connectivity index (χ3n) is 3.35. The molecule has 1 heterocycles. The lowest BCUT2D eigenvalue weighted by Crippen LogP contribution is -2.34. The molecule has 1 aliphatic carbocycles. The predicted molar refractivity (Wildman–Crippen MR) is 72.3 cm³/mol. The van der Waals surface area contributed by atoms with Crippen molar-refractivity contribution in [2.45, 2.75) is 55.5 Å². The molecule has 0 spiro atoms. The predicted octanol–water partition coefficient (Wildman–Crippen LogP) is 2.80. The Morgan fingerprint density at radius 1 is 1.29 bits per heavy atom. The molecule has 3 nitrogen and oxygen atoms in total. The first-order valence-corrected chi connectivity index (χ1v) is 7.31. The summed E-state index contributed by atoms with van der Waals surface area (Å²) in [5.74, 6) is 0. The van der Waals surface area contributed by atoms with Crippen LogP contribution in [0.15, 0.2) is 17.4 Å². The van der Waals surface area contributed by atoms with Crippen LogP contribution in [0.4, 0.5) is 0 Å². The zero-order valence-corrected chi connectivity index (χ0v) is 11.5. The number of hydrogen-bond acceptors (Lipinski definition) is 4. The molecular formula is C13H21N3S. The minimum absolute atomic E-state index is 0.603. The molecule has 0 saturated heterocycles. The molecule has 1 saturated carbocycles. The molecule has 94 valence electrons. The zero-order valence-electron chi connectivity index (χ0n) is 10.6. The van der Waals surface area contributed by atoms with Gasteiger partial charge in [-0.05, 0) is 32.9 Å². The van der Waals surface area contributed by atoms with Crippen LogP contribution >= 0.6 is 11.8 Å². The van der Waals surface area contributed by atoms with E-state index in [1.807, 2.05) is 30.9 Å². The van der Waals surface area contributed by atoms with Gasteiger partial charge in [-0.1, -0.05) is 31.0 Å². The first-order chi connectivity index (χ1) is 8.29.